The quantitative estimate of drug-likeness (QED) is 0.810. The molecule has 3 nitrogen and oxygen atoms in total. The van der Waals surface area contributed by atoms with Gasteiger partial charge in [-0.1, -0.05) is 19.8 Å². The van der Waals surface area contributed by atoms with Crippen LogP contribution < -0.4 is 5.73 Å². The van der Waals surface area contributed by atoms with E-state index in [9.17, 15) is 0 Å². The van der Waals surface area contributed by atoms with Crippen LogP contribution in [0.1, 0.15) is 46.0 Å². The fraction of sp³-hybridized carbons (Fsp3) is 1.00. The zero-order chi connectivity index (χ0) is 12.3. The largest absolute Gasteiger partial charge is 0.324 e. The minimum Gasteiger partial charge on any atom is -0.324 e. The third kappa shape index (κ3) is 3.67. The molecule has 0 aromatic rings. The van der Waals surface area contributed by atoms with Crippen molar-refractivity contribution in [1.29, 1.82) is 0 Å². The minimum atomic E-state index is 0.00554. The second-order valence-electron chi connectivity index (χ2n) is 6.32. The van der Waals surface area contributed by atoms with Crippen molar-refractivity contribution in [2.75, 3.05) is 32.7 Å². The third-order valence-electron chi connectivity index (χ3n) is 4.33. The Kier molecular flexibility index (Phi) is 4.45. The second kappa shape index (κ2) is 5.68. The number of hydrogen-bond acceptors (Lipinski definition) is 3. The van der Waals surface area contributed by atoms with E-state index >= 15 is 0 Å². The maximum absolute atomic E-state index is 6.37. The van der Waals surface area contributed by atoms with Crippen molar-refractivity contribution < 1.29 is 0 Å². The number of rotatable bonds is 4. The Morgan fingerprint density at radius 3 is 2.82 bits per heavy atom. The molecule has 2 N–H and O–H groups in total. The average molecular weight is 239 g/mol. The topological polar surface area (TPSA) is 32.5 Å². The molecule has 17 heavy (non-hydrogen) atoms. The lowest BCUT2D eigenvalue weighted by Crippen LogP contribution is -2.58. The Labute approximate surface area is 106 Å². The van der Waals surface area contributed by atoms with Gasteiger partial charge in [-0.3, -0.25) is 9.80 Å². The van der Waals surface area contributed by atoms with Crippen LogP contribution in [0.2, 0.25) is 0 Å². The summed E-state index contributed by atoms with van der Waals surface area (Å²) in [6.45, 7) is 10.6. The first-order valence-corrected chi connectivity index (χ1v) is 7.36. The van der Waals surface area contributed by atoms with E-state index in [1.54, 1.807) is 0 Å². The highest BCUT2D eigenvalue weighted by Gasteiger charge is 2.31. The van der Waals surface area contributed by atoms with Gasteiger partial charge in [-0.05, 0) is 32.7 Å². The summed E-state index contributed by atoms with van der Waals surface area (Å²) in [5.41, 5.74) is 6.38. The van der Waals surface area contributed by atoms with E-state index in [4.69, 9.17) is 5.73 Å². The van der Waals surface area contributed by atoms with Gasteiger partial charge in [0.25, 0.3) is 0 Å². The average Bonchev–Trinajstić information content (AvgIpc) is 2.28. The van der Waals surface area contributed by atoms with Crippen molar-refractivity contribution >= 4 is 0 Å². The molecule has 2 aliphatic rings. The molecular formula is C14H29N3. The molecule has 2 fully saturated rings. The van der Waals surface area contributed by atoms with Crippen LogP contribution in [0.15, 0.2) is 0 Å². The molecule has 2 aliphatic heterocycles. The van der Waals surface area contributed by atoms with Gasteiger partial charge in [0.1, 0.15) is 0 Å². The summed E-state index contributed by atoms with van der Waals surface area (Å²) in [7, 11) is 0. The van der Waals surface area contributed by atoms with Gasteiger partial charge >= 0.3 is 0 Å². The first-order valence-electron chi connectivity index (χ1n) is 7.36. The Morgan fingerprint density at radius 1 is 1.24 bits per heavy atom. The van der Waals surface area contributed by atoms with Gasteiger partial charge in [-0.25, -0.2) is 0 Å². The number of nitrogens with zero attached hydrogens (tertiary/aromatic N) is 2. The van der Waals surface area contributed by atoms with Crippen LogP contribution in [-0.2, 0) is 0 Å². The van der Waals surface area contributed by atoms with Gasteiger partial charge < -0.3 is 5.73 Å². The number of nitrogens with two attached hydrogens (primary N) is 1. The molecule has 2 rings (SSSR count). The van der Waals surface area contributed by atoms with Crippen LogP contribution in [0.4, 0.5) is 0 Å². The summed E-state index contributed by atoms with van der Waals surface area (Å²) in [5, 5.41) is 0. The van der Waals surface area contributed by atoms with Gasteiger partial charge in [0.15, 0.2) is 0 Å². The predicted molar refractivity (Wildman–Crippen MR) is 73.2 cm³/mol. The second-order valence-corrected chi connectivity index (χ2v) is 6.32. The molecule has 2 unspecified atom stereocenters. The lowest BCUT2D eigenvalue weighted by Gasteiger charge is -2.45. The van der Waals surface area contributed by atoms with E-state index < -0.39 is 0 Å². The monoisotopic (exact) mass is 239 g/mol. The molecule has 2 atom stereocenters. The maximum atomic E-state index is 6.37. The molecular weight excluding hydrogens is 210 g/mol. The lowest BCUT2D eigenvalue weighted by molar-refractivity contribution is 0.0390. The summed E-state index contributed by atoms with van der Waals surface area (Å²) < 4.78 is 0. The molecule has 2 heterocycles. The molecule has 0 spiro atoms. The fourth-order valence-corrected chi connectivity index (χ4v) is 3.52. The van der Waals surface area contributed by atoms with Crippen LogP contribution in [0.5, 0.6) is 0 Å². The standard InChI is InChI=1S/C14H29N3/c1-3-7-14(2,15)12-16-9-10-17-8-5-4-6-13(17)11-16/h13H,3-12,15H2,1-2H3. The molecule has 0 bridgehead atoms. The van der Waals surface area contributed by atoms with Crippen LogP contribution >= 0.6 is 0 Å². The molecule has 0 aliphatic carbocycles. The van der Waals surface area contributed by atoms with Gasteiger partial charge in [-0.2, -0.15) is 0 Å². The van der Waals surface area contributed by atoms with E-state index in [0.29, 0.717) is 0 Å². The van der Waals surface area contributed by atoms with Crippen molar-refractivity contribution in [3.8, 4) is 0 Å². The van der Waals surface area contributed by atoms with Crippen LogP contribution in [0.25, 0.3) is 0 Å². The highest BCUT2D eigenvalue weighted by Crippen LogP contribution is 2.22. The fourth-order valence-electron chi connectivity index (χ4n) is 3.52. The SMILES string of the molecule is CCCC(C)(N)CN1CCN2CCCCC2C1. The van der Waals surface area contributed by atoms with E-state index in [0.717, 1.165) is 19.0 Å². The Balaban J connectivity index is 1.83. The van der Waals surface area contributed by atoms with E-state index in [1.807, 2.05) is 0 Å². The van der Waals surface area contributed by atoms with E-state index in [1.165, 1.54) is 51.9 Å². The number of fused-ring (bicyclic) bond motifs is 1. The zero-order valence-electron chi connectivity index (χ0n) is 11.6. The highest BCUT2D eigenvalue weighted by atomic mass is 15.3. The molecule has 0 radical (unpaired) electrons. The van der Waals surface area contributed by atoms with Crippen molar-refractivity contribution in [3.63, 3.8) is 0 Å². The van der Waals surface area contributed by atoms with Crippen molar-refractivity contribution in [1.82, 2.24) is 9.80 Å². The number of piperidine rings is 1. The Hall–Kier alpha value is -0.120. The zero-order valence-corrected chi connectivity index (χ0v) is 11.6. The molecule has 3 heteroatoms. The predicted octanol–water partition coefficient (Wildman–Crippen LogP) is 1.67. The molecule has 0 aromatic heterocycles. The normalized spacial score (nSPS) is 30.9. The summed E-state index contributed by atoms with van der Waals surface area (Å²) in [5.74, 6) is 0. The minimum absolute atomic E-state index is 0.00554. The third-order valence-corrected chi connectivity index (χ3v) is 4.33. The molecule has 0 aromatic carbocycles. The number of piperazine rings is 1. The molecule has 0 saturated carbocycles. The Morgan fingerprint density at radius 2 is 2.06 bits per heavy atom. The lowest BCUT2D eigenvalue weighted by atomic mass is 9.94. The summed E-state index contributed by atoms with van der Waals surface area (Å²) in [4.78, 5) is 5.29. The van der Waals surface area contributed by atoms with Crippen LogP contribution in [-0.4, -0.2) is 54.1 Å². The Bertz CT molecular complexity index is 240. The van der Waals surface area contributed by atoms with Crippen molar-refractivity contribution in [3.05, 3.63) is 0 Å². The maximum Gasteiger partial charge on any atom is 0.0254 e. The van der Waals surface area contributed by atoms with E-state index in [2.05, 4.69) is 23.6 Å². The smallest absolute Gasteiger partial charge is 0.0254 e. The molecule has 0 amide bonds. The van der Waals surface area contributed by atoms with Crippen molar-refractivity contribution in [2.24, 2.45) is 5.73 Å². The van der Waals surface area contributed by atoms with Crippen LogP contribution in [0.3, 0.4) is 0 Å². The van der Waals surface area contributed by atoms with Crippen molar-refractivity contribution in [2.45, 2.75) is 57.5 Å². The first-order chi connectivity index (χ1) is 8.11. The van der Waals surface area contributed by atoms with E-state index in [-0.39, 0.29) is 5.54 Å². The summed E-state index contributed by atoms with van der Waals surface area (Å²) in [6, 6.07) is 0.815. The van der Waals surface area contributed by atoms with Gasteiger partial charge in [0.05, 0.1) is 0 Å². The molecule has 2 saturated heterocycles. The first kappa shape index (κ1) is 13.3. The highest BCUT2D eigenvalue weighted by molar-refractivity contribution is 4.89. The summed E-state index contributed by atoms with van der Waals surface area (Å²) >= 11 is 0. The van der Waals surface area contributed by atoms with Gasteiger partial charge in [0.2, 0.25) is 0 Å². The van der Waals surface area contributed by atoms with Gasteiger partial charge in [0, 0.05) is 37.8 Å². The number of hydrogen-bond donors (Lipinski definition) is 1. The van der Waals surface area contributed by atoms with Gasteiger partial charge in [-0.15, -0.1) is 0 Å². The molecule has 100 valence electrons. The summed E-state index contributed by atoms with van der Waals surface area (Å²) in [6.07, 6.45) is 6.55. The van der Waals surface area contributed by atoms with Crippen LogP contribution in [0, 0.1) is 0 Å².